The molecule has 8 nitrogen and oxygen atoms in total. The summed E-state index contributed by atoms with van der Waals surface area (Å²) in [6.45, 7) is 8.09. The highest BCUT2D eigenvalue weighted by atomic mass is 16.6. The third kappa shape index (κ3) is 7.40. The molecule has 0 saturated carbocycles. The van der Waals surface area contributed by atoms with Crippen LogP contribution < -0.4 is 14.8 Å². The average molecular weight is 545 g/mol. The smallest absolute Gasteiger partial charge is 0.411 e. The Morgan fingerprint density at radius 3 is 2.27 bits per heavy atom. The van der Waals surface area contributed by atoms with Crippen molar-refractivity contribution in [2.75, 3.05) is 19.7 Å². The van der Waals surface area contributed by atoms with Crippen molar-refractivity contribution in [1.29, 1.82) is 0 Å². The van der Waals surface area contributed by atoms with Gasteiger partial charge in [-0.2, -0.15) is 0 Å². The largest absolute Gasteiger partial charge is 0.494 e. The summed E-state index contributed by atoms with van der Waals surface area (Å²) >= 11 is 0. The standard InChI is InChI=1S/C32H36N2O6/c1-5-38-26-16-13-24-18-20-34(31(37)40-32(2,3)4)29(27(24)21-26)30(36)33-19-17-28(35)39-25-14-11-23(12-15-25)22-9-7-6-8-10-22/h6-16,21,29H,5,17-20H2,1-4H3,(H,33,36)/t29-/m0/s1. The van der Waals surface area contributed by atoms with Gasteiger partial charge in [0.1, 0.15) is 23.1 Å². The molecular formula is C32H36N2O6. The van der Waals surface area contributed by atoms with E-state index < -0.39 is 29.6 Å². The summed E-state index contributed by atoms with van der Waals surface area (Å²) in [5.74, 6) is 0.170. The van der Waals surface area contributed by atoms with Gasteiger partial charge in [-0.3, -0.25) is 14.5 Å². The lowest BCUT2D eigenvalue weighted by molar-refractivity contribution is -0.134. The maximum atomic E-state index is 13.5. The number of benzene rings is 3. The number of carbonyl (C=O) groups excluding carboxylic acids is 3. The second kappa shape index (κ2) is 12.7. The molecule has 3 aromatic rings. The second-order valence-electron chi connectivity index (χ2n) is 10.5. The van der Waals surface area contributed by atoms with Crippen LogP contribution in [-0.2, 0) is 20.7 Å². The maximum Gasteiger partial charge on any atom is 0.411 e. The first kappa shape index (κ1) is 28.7. The lowest BCUT2D eigenvalue weighted by atomic mass is 9.92. The van der Waals surface area contributed by atoms with Crippen molar-refractivity contribution in [3.8, 4) is 22.6 Å². The predicted octanol–water partition coefficient (Wildman–Crippen LogP) is 5.70. The van der Waals surface area contributed by atoms with Gasteiger partial charge < -0.3 is 19.5 Å². The van der Waals surface area contributed by atoms with Gasteiger partial charge in [-0.25, -0.2) is 4.79 Å². The molecule has 8 heteroatoms. The molecule has 4 rings (SSSR count). The van der Waals surface area contributed by atoms with Crippen LogP contribution in [0.2, 0.25) is 0 Å². The SMILES string of the molecule is CCOc1ccc2c(c1)[C@@H](C(=O)NCCC(=O)Oc1ccc(-c3ccccc3)cc1)N(C(=O)OC(C)(C)C)CC2. The number of rotatable bonds is 8. The van der Waals surface area contributed by atoms with Gasteiger partial charge in [0.15, 0.2) is 0 Å². The number of esters is 1. The molecule has 40 heavy (non-hydrogen) atoms. The van der Waals surface area contributed by atoms with E-state index in [0.717, 1.165) is 16.7 Å². The third-order valence-electron chi connectivity index (χ3n) is 6.35. The van der Waals surface area contributed by atoms with Crippen LogP contribution in [0.5, 0.6) is 11.5 Å². The molecule has 0 radical (unpaired) electrons. The van der Waals surface area contributed by atoms with Crippen LogP contribution in [0.3, 0.4) is 0 Å². The van der Waals surface area contributed by atoms with E-state index in [1.165, 1.54) is 4.90 Å². The van der Waals surface area contributed by atoms with Crippen molar-refractivity contribution < 1.29 is 28.6 Å². The molecule has 210 valence electrons. The Bertz CT molecular complexity index is 1330. The van der Waals surface area contributed by atoms with Gasteiger partial charge >= 0.3 is 12.1 Å². The lowest BCUT2D eigenvalue weighted by Gasteiger charge is -2.37. The van der Waals surface area contributed by atoms with E-state index in [4.69, 9.17) is 14.2 Å². The molecule has 2 amide bonds. The predicted molar refractivity (Wildman–Crippen MR) is 152 cm³/mol. The van der Waals surface area contributed by atoms with Crippen molar-refractivity contribution >= 4 is 18.0 Å². The fourth-order valence-corrected chi connectivity index (χ4v) is 4.56. The Hall–Kier alpha value is -4.33. The van der Waals surface area contributed by atoms with Crippen LogP contribution in [0.4, 0.5) is 4.79 Å². The first-order valence-electron chi connectivity index (χ1n) is 13.5. The van der Waals surface area contributed by atoms with Gasteiger partial charge in [0.2, 0.25) is 5.91 Å². The number of hydrogen-bond acceptors (Lipinski definition) is 6. The molecule has 0 aromatic heterocycles. The summed E-state index contributed by atoms with van der Waals surface area (Å²) < 4.78 is 16.7. The quantitative estimate of drug-likeness (QED) is 0.289. The molecule has 1 aliphatic rings. The first-order valence-corrected chi connectivity index (χ1v) is 13.5. The van der Waals surface area contributed by atoms with Crippen LogP contribution in [0.25, 0.3) is 11.1 Å². The van der Waals surface area contributed by atoms with Gasteiger partial charge in [0.05, 0.1) is 13.0 Å². The lowest BCUT2D eigenvalue weighted by Crippen LogP contribution is -2.49. The van der Waals surface area contributed by atoms with Crippen molar-refractivity contribution in [2.45, 2.75) is 52.2 Å². The topological polar surface area (TPSA) is 94.2 Å². The minimum absolute atomic E-state index is 0.0306. The van der Waals surface area contributed by atoms with Crippen molar-refractivity contribution in [1.82, 2.24) is 10.2 Å². The summed E-state index contributed by atoms with van der Waals surface area (Å²) in [6.07, 6.45) is -0.0180. The van der Waals surface area contributed by atoms with E-state index in [2.05, 4.69) is 5.32 Å². The number of nitrogens with one attached hydrogen (secondary N) is 1. The van der Waals surface area contributed by atoms with E-state index in [-0.39, 0.29) is 13.0 Å². The Balaban J connectivity index is 1.40. The van der Waals surface area contributed by atoms with Gasteiger partial charge in [0.25, 0.3) is 0 Å². The van der Waals surface area contributed by atoms with E-state index in [0.29, 0.717) is 36.6 Å². The zero-order valence-electron chi connectivity index (χ0n) is 23.4. The minimum atomic E-state index is -0.916. The molecule has 1 aliphatic heterocycles. The van der Waals surface area contributed by atoms with Crippen LogP contribution in [-0.4, -0.2) is 48.2 Å². The fraction of sp³-hybridized carbons (Fsp3) is 0.344. The van der Waals surface area contributed by atoms with Gasteiger partial charge in [-0.15, -0.1) is 0 Å². The minimum Gasteiger partial charge on any atom is -0.494 e. The molecule has 1 heterocycles. The average Bonchev–Trinajstić information content (AvgIpc) is 2.92. The van der Waals surface area contributed by atoms with Gasteiger partial charge in [-0.05, 0) is 80.6 Å². The second-order valence-corrected chi connectivity index (χ2v) is 10.5. The maximum absolute atomic E-state index is 13.5. The first-order chi connectivity index (χ1) is 19.1. The zero-order chi connectivity index (χ0) is 28.7. The molecular weight excluding hydrogens is 508 g/mol. The van der Waals surface area contributed by atoms with Crippen LogP contribution in [0.1, 0.15) is 51.3 Å². The zero-order valence-corrected chi connectivity index (χ0v) is 23.4. The Kier molecular flexibility index (Phi) is 9.09. The normalized spacial score (nSPS) is 14.6. The molecule has 0 bridgehead atoms. The van der Waals surface area contributed by atoms with Gasteiger partial charge in [0, 0.05) is 13.1 Å². The van der Waals surface area contributed by atoms with E-state index in [1.807, 2.05) is 61.5 Å². The van der Waals surface area contributed by atoms with E-state index >= 15 is 0 Å². The summed E-state index contributed by atoms with van der Waals surface area (Å²) in [4.78, 5) is 40.5. The Labute approximate surface area is 235 Å². The highest BCUT2D eigenvalue weighted by Crippen LogP contribution is 2.34. The van der Waals surface area contributed by atoms with Crippen LogP contribution in [0.15, 0.2) is 72.8 Å². The van der Waals surface area contributed by atoms with Crippen molar-refractivity contribution in [3.05, 3.63) is 83.9 Å². The molecule has 0 spiro atoms. The third-order valence-corrected chi connectivity index (χ3v) is 6.35. The van der Waals surface area contributed by atoms with Crippen LogP contribution >= 0.6 is 0 Å². The van der Waals surface area contributed by atoms with Crippen molar-refractivity contribution in [2.24, 2.45) is 0 Å². The molecule has 0 unspecified atom stereocenters. The van der Waals surface area contributed by atoms with Gasteiger partial charge in [-0.1, -0.05) is 48.5 Å². The molecule has 3 aromatic carbocycles. The van der Waals surface area contributed by atoms with Crippen molar-refractivity contribution in [3.63, 3.8) is 0 Å². The summed E-state index contributed by atoms with van der Waals surface area (Å²) in [5, 5.41) is 2.81. The number of carbonyl (C=O) groups is 3. The highest BCUT2D eigenvalue weighted by molar-refractivity contribution is 5.88. The van der Waals surface area contributed by atoms with E-state index in [1.54, 1.807) is 39.0 Å². The highest BCUT2D eigenvalue weighted by Gasteiger charge is 2.38. The number of nitrogens with zero attached hydrogens (tertiary/aromatic N) is 1. The summed E-state index contributed by atoms with van der Waals surface area (Å²) in [7, 11) is 0. The van der Waals surface area contributed by atoms with E-state index in [9.17, 15) is 14.4 Å². The Morgan fingerprint density at radius 2 is 1.60 bits per heavy atom. The summed E-state index contributed by atoms with van der Waals surface area (Å²) in [6, 6.07) is 21.8. The number of fused-ring (bicyclic) bond motifs is 1. The molecule has 1 N–H and O–H groups in total. The number of hydrogen-bond donors (Lipinski definition) is 1. The summed E-state index contributed by atoms with van der Waals surface area (Å²) in [5.41, 5.74) is 3.02. The Morgan fingerprint density at radius 1 is 0.925 bits per heavy atom. The number of ether oxygens (including phenoxy) is 3. The monoisotopic (exact) mass is 544 g/mol. The molecule has 1 atom stereocenters. The molecule has 0 fully saturated rings. The fourth-order valence-electron chi connectivity index (χ4n) is 4.56. The molecule has 0 saturated heterocycles. The number of amides is 2. The molecule has 0 aliphatic carbocycles. The van der Waals surface area contributed by atoms with Crippen LogP contribution in [0, 0.1) is 0 Å².